The van der Waals surface area contributed by atoms with E-state index in [0.717, 1.165) is 23.2 Å². The lowest BCUT2D eigenvalue weighted by Crippen LogP contribution is -2.32. The molecule has 2 bridgehead atoms. The molecule has 5 nitrogen and oxygen atoms in total. The van der Waals surface area contributed by atoms with Crippen LogP contribution in [0, 0.1) is 37.5 Å². The van der Waals surface area contributed by atoms with Crippen molar-refractivity contribution in [3.63, 3.8) is 0 Å². The molecule has 5 rings (SSSR count). The number of anilines is 2. The Balaban J connectivity index is 1.36. The van der Waals surface area contributed by atoms with E-state index in [-0.39, 0.29) is 41.4 Å². The standard InChI is InChI=1S/C24H22N2O3/c1-13-3-4-14(2)19(11-13)25-22(27)15-7-9-18(10-8-15)26-23(28)20-16-5-6-17(12-16)21(20)24(26)29/h3-11,16-17,20-21H,12H2,1-2H3,(H,25,27)/t16-,17-,20+,21+/m0/s1. The molecule has 0 spiro atoms. The number of amides is 3. The van der Waals surface area contributed by atoms with Crippen molar-refractivity contribution < 1.29 is 14.4 Å². The Hall–Kier alpha value is -3.21. The first kappa shape index (κ1) is 17.9. The lowest BCUT2D eigenvalue weighted by atomic mass is 9.85. The Bertz CT molecular complexity index is 1040. The van der Waals surface area contributed by atoms with E-state index < -0.39 is 0 Å². The summed E-state index contributed by atoms with van der Waals surface area (Å²) in [5.74, 6) is -0.491. The fourth-order valence-corrected chi connectivity index (χ4v) is 4.98. The van der Waals surface area contributed by atoms with E-state index in [0.29, 0.717) is 11.3 Å². The third-order valence-electron chi connectivity index (χ3n) is 6.50. The van der Waals surface area contributed by atoms with Gasteiger partial charge >= 0.3 is 0 Å². The Kier molecular flexibility index (Phi) is 3.95. The average molecular weight is 386 g/mol. The van der Waals surface area contributed by atoms with Crippen LogP contribution in [0.25, 0.3) is 0 Å². The summed E-state index contributed by atoms with van der Waals surface area (Å²) in [4.78, 5) is 39.8. The second-order valence-corrected chi connectivity index (χ2v) is 8.33. The highest BCUT2D eigenvalue weighted by atomic mass is 16.2. The van der Waals surface area contributed by atoms with Crippen molar-refractivity contribution in [1.82, 2.24) is 0 Å². The number of hydrogen-bond donors (Lipinski definition) is 1. The number of nitrogens with zero attached hydrogens (tertiary/aromatic N) is 1. The predicted octanol–water partition coefficient (Wildman–Crippen LogP) is 3.87. The number of carbonyl (C=O) groups is 3. The zero-order valence-corrected chi connectivity index (χ0v) is 16.4. The number of nitrogens with one attached hydrogen (secondary N) is 1. The van der Waals surface area contributed by atoms with Crippen LogP contribution in [0.2, 0.25) is 0 Å². The number of imide groups is 1. The zero-order chi connectivity index (χ0) is 20.3. The molecule has 1 saturated heterocycles. The van der Waals surface area contributed by atoms with Gasteiger partial charge < -0.3 is 5.32 Å². The van der Waals surface area contributed by atoms with Gasteiger partial charge in [0.1, 0.15) is 0 Å². The lowest BCUT2D eigenvalue weighted by Gasteiger charge is -2.17. The Labute approximate surface area is 169 Å². The molecule has 2 aliphatic carbocycles. The largest absolute Gasteiger partial charge is 0.322 e. The molecule has 5 heteroatoms. The monoisotopic (exact) mass is 386 g/mol. The van der Waals surface area contributed by atoms with Crippen LogP contribution in [-0.4, -0.2) is 17.7 Å². The van der Waals surface area contributed by atoms with Gasteiger partial charge in [-0.05, 0) is 73.6 Å². The Morgan fingerprint density at radius 3 is 2.17 bits per heavy atom. The van der Waals surface area contributed by atoms with Crippen molar-refractivity contribution in [2.75, 3.05) is 10.2 Å². The molecule has 1 saturated carbocycles. The van der Waals surface area contributed by atoms with E-state index in [9.17, 15) is 14.4 Å². The minimum atomic E-state index is -0.219. The van der Waals surface area contributed by atoms with Crippen molar-refractivity contribution in [2.24, 2.45) is 23.7 Å². The van der Waals surface area contributed by atoms with E-state index in [1.54, 1.807) is 24.3 Å². The highest BCUT2D eigenvalue weighted by Crippen LogP contribution is 2.53. The topological polar surface area (TPSA) is 66.5 Å². The number of benzene rings is 2. The molecule has 2 aromatic rings. The first-order valence-electron chi connectivity index (χ1n) is 9.99. The van der Waals surface area contributed by atoms with Crippen molar-refractivity contribution in [3.8, 4) is 0 Å². The van der Waals surface area contributed by atoms with Crippen LogP contribution >= 0.6 is 0 Å². The SMILES string of the molecule is Cc1ccc(C)c(NC(=O)c2ccc(N3C(=O)[C@H]4[C@H](C3=O)[C@H]3C=C[C@H]4C3)cc2)c1. The first-order chi connectivity index (χ1) is 13.9. The number of carbonyl (C=O) groups excluding carboxylic acids is 3. The molecule has 2 fully saturated rings. The molecular formula is C24H22N2O3. The first-order valence-corrected chi connectivity index (χ1v) is 9.99. The van der Waals surface area contributed by atoms with E-state index in [2.05, 4.69) is 17.5 Å². The van der Waals surface area contributed by atoms with Gasteiger partial charge in [-0.2, -0.15) is 0 Å². The summed E-state index contributed by atoms with van der Waals surface area (Å²) in [6.45, 7) is 3.92. The van der Waals surface area contributed by atoms with Gasteiger partial charge in [0, 0.05) is 11.3 Å². The molecule has 2 aromatic carbocycles. The third-order valence-corrected chi connectivity index (χ3v) is 6.50. The summed E-state index contributed by atoms with van der Waals surface area (Å²) < 4.78 is 0. The fourth-order valence-electron chi connectivity index (χ4n) is 4.98. The van der Waals surface area contributed by atoms with E-state index in [4.69, 9.17) is 0 Å². The maximum atomic E-state index is 12.9. The lowest BCUT2D eigenvalue weighted by molar-refractivity contribution is -0.123. The van der Waals surface area contributed by atoms with E-state index in [1.807, 2.05) is 32.0 Å². The van der Waals surface area contributed by atoms with Crippen LogP contribution in [0.15, 0.2) is 54.6 Å². The van der Waals surface area contributed by atoms with E-state index >= 15 is 0 Å². The van der Waals surface area contributed by atoms with Crippen LogP contribution in [-0.2, 0) is 9.59 Å². The number of rotatable bonds is 3. The smallest absolute Gasteiger partial charge is 0.255 e. The number of fused-ring (bicyclic) bond motifs is 5. The van der Waals surface area contributed by atoms with Crippen LogP contribution in [0.5, 0.6) is 0 Å². The van der Waals surface area contributed by atoms with Gasteiger partial charge in [-0.3, -0.25) is 19.3 Å². The molecule has 3 aliphatic rings. The summed E-state index contributed by atoms with van der Waals surface area (Å²) in [5, 5.41) is 2.93. The van der Waals surface area contributed by atoms with Crippen LogP contribution in [0.1, 0.15) is 27.9 Å². The summed E-state index contributed by atoms with van der Waals surface area (Å²) >= 11 is 0. The molecule has 0 aromatic heterocycles. The van der Waals surface area contributed by atoms with Crippen molar-refractivity contribution in [1.29, 1.82) is 0 Å². The molecule has 3 amide bonds. The molecule has 1 heterocycles. The molecule has 146 valence electrons. The van der Waals surface area contributed by atoms with Gasteiger partial charge in [-0.25, -0.2) is 0 Å². The zero-order valence-electron chi connectivity index (χ0n) is 16.4. The molecule has 1 N–H and O–H groups in total. The summed E-state index contributed by atoms with van der Waals surface area (Å²) in [6.07, 6.45) is 5.08. The molecule has 1 aliphatic heterocycles. The maximum Gasteiger partial charge on any atom is 0.255 e. The average Bonchev–Trinajstić information content (AvgIpc) is 3.39. The summed E-state index contributed by atoms with van der Waals surface area (Å²) in [6, 6.07) is 12.6. The summed E-state index contributed by atoms with van der Waals surface area (Å²) in [5.41, 5.74) is 3.86. The highest BCUT2D eigenvalue weighted by molar-refractivity contribution is 6.23. The third kappa shape index (κ3) is 2.72. The van der Waals surface area contributed by atoms with Gasteiger partial charge in [0.05, 0.1) is 17.5 Å². The molecule has 0 unspecified atom stereocenters. The van der Waals surface area contributed by atoms with Gasteiger partial charge in [-0.1, -0.05) is 24.3 Å². The second kappa shape index (κ2) is 6.41. The van der Waals surface area contributed by atoms with E-state index in [1.165, 1.54) is 4.90 Å². The quantitative estimate of drug-likeness (QED) is 0.643. The summed E-state index contributed by atoms with van der Waals surface area (Å²) in [7, 11) is 0. The van der Waals surface area contributed by atoms with Crippen LogP contribution in [0.3, 0.4) is 0 Å². The van der Waals surface area contributed by atoms with Crippen molar-refractivity contribution >= 4 is 29.1 Å². The van der Waals surface area contributed by atoms with Gasteiger partial charge in [-0.15, -0.1) is 0 Å². The highest BCUT2D eigenvalue weighted by Gasteiger charge is 2.59. The second-order valence-electron chi connectivity index (χ2n) is 8.33. The Morgan fingerprint density at radius 2 is 1.55 bits per heavy atom. The fraction of sp³-hybridized carbons (Fsp3) is 0.292. The van der Waals surface area contributed by atoms with Gasteiger partial charge in [0.2, 0.25) is 11.8 Å². The van der Waals surface area contributed by atoms with Gasteiger partial charge in [0.15, 0.2) is 0 Å². The molecule has 4 atom stereocenters. The normalized spacial score (nSPS) is 26.9. The van der Waals surface area contributed by atoms with Crippen molar-refractivity contribution in [2.45, 2.75) is 20.3 Å². The van der Waals surface area contributed by atoms with Crippen LogP contribution in [0.4, 0.5) is 11.4 Å². The number of hydrogen-bond acceptors (Lipinski definition) is 3. The molecule has 0 radical (unpaired) electrons. The van der Waals surface area contributed by atoms with Crippen LogP contribution < -0.4 is 10.2 Å². The molecular weight excluding hydrogens is 364 g/mol. The minimum absolute atomic E-state index is 0.107. The molecule has 29 heavy (non-hydrogen) atoms. The predicted molar refractivity (Wildman–Crippen MR) is 111 cm³/mol. The number of aryl methyl sites for hydroxylation is 2. The minimum Gasteiger partial charge on any atom is -0.322 e. The maximum absolute atomic E-state index is 12.9. The number of allylic oxidation sites excluding steroid dienone is 2. The van der Waals surface area contributed by atoms with Crippen molar-refractivity contribution in [3.05, 3.63) is 71.3 Å². The van der Waals surface area contributed by atoms with Gasteiger partial charge in [0.25, 0.3) is 5.91 Å². The Morgan fingerprint density at radius 1 is 0.931 bits per heavy atom.